The number of ether oxygens (including phenoxy) is 1. The number of carbonyl (C=O) groups is 1. The van der Waals surface area contributed by atoms with Gasteiger partial charge in [0, 0.05) is 39.3 Å². The molecule has 2 heterocycles. The zero-order chi connectivity index (χ0) is 18.7. The van der Waals surface area contributed by atoms with Gasteiger partial charge < -0.3 is 15.0 Å². The normalized spacial score (nSPS) is 22.6. The van der Waals surface area contributed by atoms with E-state index in [4.69, 9.17) is 4.74 Å². The van der Waals surface area contributed by atoms with Crippen LogP contribution in [0.15, 0.2) is 29.2 Å². The fourth-order valence-corrected chi connectivity index (χ4v) is 4.67. The third-order valence-electron chi connectivity index (χ3n) is 4.94. The molecule has 0 aliphatic carbocycles. The first-order valence-corrected chi connectivity index (χ1v) is 10.5. The molecule has 1 aromatic carbocycles. The van der Waals surface area contributed by atoms with Gasteiger partial charge in [0.2, 0.25) is 10.0 Å². The van der Waals surface area contributed by atoms with E-state index in [1.54, 1.807) is 17.0 Å². The molecule has 26 heavy (non-hydrogen) atoms. The van der Waals surface area contributed by atoms with Gasteiger partial charge in [-0.25, -0.2) is 8.42 Å². The standard InChI is InChI=1S/C18H27N3O4S/c1-14(2)15-3-5-16(6-4-15)26(23,24)21-10-8-20(9-11-21)18(22)17-13-19-7-12-25-17/h3-6,14,17,19H,7-13H2,1-2H3. The van der Waals surface area contributed by atoms with E-state index in [1.807, 2.05) is 12.1 Å². The van der Waals surface area contributed by atoms with Crippen molar-refractivity contribution in [3.8, 4) is 0 Å². The van der Waals surface area contributed by atoms with Gasteiger partial charge in [0.25, 0.3) is 5.91 Å². The third-order valence-corrected chi connectivity index (χ3v) is 6.85. The summed E-state index contributed by atoms with van der Waals surface area (Å²) in [5.41, 5.74) is 1.11. The smallest absolute Gasteiger partial charge is 0.253 e. The van der Waals surface area contributed by atoms with Crippen molar-refractivity contribution in [3.05, 3.63) is 29.8 Å². The van der Waals surface area contributed by atoms with Crippen molar-refractivity contribution in [2.75, 3.05) is 45.9 Å². The summed E-state index contributed by atoms with van der Waals surface area (Å²) in [6, 6.07) is 7.07. The molecule has 1 N–H and O–H groups in total. The summed E-state index contributed by atoms with van der Waals surface area (Å²) in [5, 5.41) is 3.14. The number of benzene rings is 1. The maximum absolute atomic E-state index is 12.8. The average Bonchev–Trinajstić information content (AvgIpc) is 2.68. The predicted molar refractivity (Wildman–Crippen MR) is 98.5 cm³/mol. The molecule has 0 aromatic heterocycles. The van der Waals surface area contributed by atoms with Crippen molar-refractivity contribution in [2.45, 2.75) is 30.8 Å². The van der Waals surface area contributed by atoms with Gasteiger partial charge in [0.15, 0.2) is 0 Å². The second-order valence-electron chi connectivity index (χ2n) is 7.02. The van der Waals surface area contributed by atoms with Gasteiger partial charge >= 0.3 is 0 Å². The van der Waals surface area contributed by atoms with Crippen molar-refractivity contribution in [1.82, 2.24) is 14.5 Å². The molecule has 1 unspecified atom stereocenters. The van der Waals surface area contributed by atoms with E-state index in [2.05, 4.69) is 19.2 Å². The number of nitrogens with one attached hydrogen (secondary N) is 1. The van der Waals surface area contributed by atoms with Gasteiger partial charge in [-0.1, -0.05) is 26.0 Å². The number of rotatable bonds is 4. The summed E-state index contributed by atoms with van der Waals surface area (Å²) in [6.07, 6.45) is -0.463. The Bertz CT molecular complexity index is 719. The molecule has 0 bridgehead atoms. The largest absolute Gasteiger partial charge is 0.366 e. The monoisotopic (exact) mass is 381 g/mol. The van der Waals surface area contributed by atoms with Gasteiger partial charge in [0.05, 0.1) is 11.5 Å². The number of amides is 1. The summed E-state index contributed by atoms with van der Waals surface area (Å²) in [5.74, 6) is 0.299. The first-order chi connectivity index (χ1) is 12.4. The highest BCUT2D eigenvalue weighted by molar-refractivity contribution is 7.89. The van der Waals surface area contributed by atoms with Crippen LogP contribution in [-0.2, 0) is 19.6 Å². The second-order valence-corrected chi connectivity index (χ2v) is 8.95. The van der Waals surface area contributed by atoms with E-state index in [1.165, 1.54) is 4.31 Å². The average molecular weight is 381 g/mol. The van der Waals surface area contributed by atoms with Crippen molar-refractivity contribution >= 4 is 15.9 Å². The van der Waals surface area contributed by atoms with E-state index < -0.39 is 16.1 Å². The van der Waals surface area contributed by atoms with Gasteiger partial charge in [-0.05, 0) is 23.6 Å². The third kappa shape index (κ3) is 4.09. The Hall–Kier alpha value is -1.48. The van der Waals surface area contributed by atoms with Crippen LogP contribution >= 0.6 is 0 Å². The number of piperazine rings is 1. The van der Waals surface area contributed by atoms with Crippen molar-refractivity contribution in [3.63, 3.8) is 0 Å². The van der Waals surface area contributed by atoms with Crippen LogP contribution in [0.2, 0.25) is 0 Å². The summed E-state index contributed by atoms with van der Waals surface area (Å²) < 4.78 is 32.6. The lowest BCUT2D eigenvalue weighted by Gasteiger charge is -2.36. The van der Waals surface area contributed by atoms with Crippen molar-refractivity contribution in [1.29, 1.82) is 0 Å². The first-order valence-electron chi connectivity index (χ1n) is 9.11. The first kappa shape index (κ1) is 19.3. The molecular formula is C18H27N3O4S. The SMILES string of the molecule is CC(C)c1ccc(S(=O)(=O)N2CCN(C(=O)C3CNCCO3)CC2)cc1. The predicted octanol–water partition coefficient (Wildman–Crippen LogP) is 0.631. The van der Waals surface area contributed by atoms with Gasteiger partial charge in [-0.15, -0.1) is 0 Å². The number of hydrogen-bond acceptors (Lipinski definition) is 5. The van der Waals surface area contributed by atoms with Gasteiger partial charge in [0.1, 0.15) is 6.10 Å². The molecule has 3 rings (SSSR count). The lowest BCUT2D eigenvalue weighted by Crippen LogP contribution is -2.55. The lowest BCUT2D eigenvalue weighted by molar-refractivity contribution is -0.146. The highest BCUT2D eigenvalue weighted by Gasteiger charge is 2.33. The van der Waals surface area contributed by atoms with Crippen LogP contribution in [0.4, 0.5) is 0 Å². The summed E-state index contributed by atoms with van der Waals surface area (Å²) in [4.78, 5) is 14.5. The zero-order valence-electron chi connectivity index (χ0n) is 15.3. The summed E-state index contributed by atoms with van der Waals surface area (Å²) in [7, 11) is -3.53. The fraction of sp³-hybridized carbons (Fsp3) is 0.611. The molecule has 144 valence electrons. The number of carbonyl (C=O) groups excluding carboxylic acids is 1. The van der Waals surface area contributed by atoms with E-state index in [0.717, 1.165) is 12.1 Å². The van der Waals surface area contributed by atoms with E-state index in [-0.39, 0.29) is 5.91 Å². The molecule has 1 aromatic rings. The minimum absolute atomic E-state index is 0.0597. The number of sulfonamides is 1. The molecule has 1 amide bonds. The van der Waals surface area contributed by atoms with Crippen LogP contribution in [0.3, 0.4) is 0 Å². The fourth-order valence-electron chi connectivity index (χ4n) is 3.25. The molecule has 0 radical (unpaired) electrons. The van der Waals surface area contributed by atoms with Crippen LogP contribution in [0.25, 0.3) is 0 Å². The summed E-state index contributed by atoms with van der Waals surface area (Å²) in [6.45, 7) is 7.34. The minimum atomic E-state index is -3.53. The Morgan fingerprint density at radius 2 is 1.81 bits per heavy atom. The van der Waals surface area contributed by atoms with Crippen LogP contribution in [-0.4, -0.2) is 75.5 Å². The summed E-state index contributed by atoms with van der Waals surface area (Å²) >= 11 is 0. The van der Waals surface area contributed by atoms with Crippen LogP contribution in [0, 0.1) is 0 Å². The molecule has 2 aliphatic rings. The van der Waals surface area contributed by atoms with E-state index in [9.17, 15) is 13.2 Å². The maximum atomic E-state index is 12.8. The maximum Gasteiger partial charge on any atom is 0.253 e. The topological polar surface area (TPSA) is 79.0 Å². The lowest BCUT2D eigenvalue weighted by atomic mass is 10.0. The van der Waals surface area contributed by atoms with Crippen molar-refractivity contribution < 1.29 is 17.9 Å². The molecule has 1 atom stereocenters. The molecule has 8 heteroatoms. The minimum Gasteiger partial charge on any atom is -0.366 e. The Balaban J connectivity index is 1.62. The van der Waals surface area contributed by atoms with Gasteiger partial charge in [-0.2, -0.15) is 4.31 Å². The molecule has 7 nitrogen and oxygen atoms in total. The number of nitrogens with zero attached hydrogens (tertiary/aromatic N) is 2. The Kier molecular flexibility index (Phi) is 5.96. The Morgan fingerprint density at radius 3 is 2.35 bits per heavy atom. The van der Waals surface area contributed by atoms with Crippen LogP contribution in [0.1, 0.15) is 25.3 Å². The highest BCUT2D eigenvalue weighted by Crippen LogP contribution is 2.21. The molecule has 2 aliphatic heterocycles. The quantitative estimate of drug-likeness (QED) is 0.828. The highest BCUT2D eigenvalue weighted by atomic mass is 32.2. The zero-order valence-corrected chi connectivity index (χ0v) is 16.2. The number of hydrogen-bond donors (Lipinski definition) is 1. The molecule has 0 spiro atoms. The Morgan fingerprint density at radius 1 is 1.15 bits per heavy atom. The molecular weight excluding hydrogens is 354 g/mol. The van der Waals surface area contributed by atoms with Crippen molar-refractivity contribution in [2.24, 2.45) is 0 Å². The van der Waals surface area contributed by atoms with Crippen LogP contribution < -0.4 is 5.32 Å². The van der Waals surface area contributed by atoms with E-state index in [0.29, 0.717) is 50.1 Å². The van der Waals surface area contributed by atoms with E-state index >= 15 is 0 Å². The molecule has 0 saturated carbocycles. The molecule has 2 fully saturated rings. The second kappa shape index (κ2) is 8.04. The molecule has 2 saturated heterocycles. The van der Waals surface area contributed by atoms with Gasteiger partial charge in [-0.3, -0.25) is 4.79 Å². The number of morpholine rings is 1. The Labute approximate surface area is 155 Å². The van der Waals surface area contributed by atoms with Crippen LogP contribution in [0.5, 0.6) is 0 Å².